The van der Waals surface area contributed by atoms with Crippen molar-refractivity contribution in [3.63, 3.8) is 0 Å². The van der Waals surface area contributed by atoms with Gasteiger partial charge in [-0.2, -0.15) is 0 Å². The molecule has 0 saturated heterocycles. The van der Waals surface area contributed by atoms with E-state index < -0.39 is 9.84 Å². The zero-order chi connectivity index (χ0) is 9.19. The van der Waals surface area contributed by atoms with Crippen LogP contribution in [0.4, 0.5) is 0 Å². The number of rotatable bonds is 2. The van der Waals surface area contributed by atoms with Crippen LogP contribution in [0.3, 0.4) is 0 Å². The minimum Gasteiger partial charge on any atom is -0.245 e. The van der Waals surface area contributed by atoms with Crippen molar-refractivity contribution < 1.29 is 8.42 Å². The molecule has 0 aromatic carbocycles. The second-order valence-corrected chi connectivity index (χ2v) is 5.00. The van der Waals surface area contributed by atoms with E-state index in [4.69, 9.17) is 0 Å². The summed E-state index contributed by atoms with van der Waals surface area (Å²) >= 11 is 3.02. The summed E-state index contributed by atoms with van der Waals surface area (Å²) in [5.74, 6) is 0.0320. The topological polar surface area (TPSA) is 59.9 Å². The molecule has 0 fully saturated rings. The Labute approximate surface area is 79.1 Å². The van der Waals surface area contributed by atoms with E-state index in [0.29, 0.717) is 0 Å². The van der Waals surface area contributed by atoms with Crippen LogP contribution in [0.1, 0.15) is 6.92 Å². The molecule has 0 amide bonds. The number of hydrogen-bond acceptors (Lipinski definition) is 4. The maximum absolute atomic E-state index is 11.3. The summed E-state index contributed by atoms with van der Waals surface area (Å²) in [5.41, 5.74) is 0. The predicted molar refractivity (Wildman–Crippen MR) is 47.5 cm³/mol. The molecule has 0 spiro atoms. The molecule has 4 nitrogen and oxygen atoms in total. The maximum atomic E-state index is 11.3. The minimum atomic E-state index is -3.25. The van der Waals surface area contributed by atoms with Crippen molar-refractivity contribution in [3.05, 3.63) is 17.0 Å². The maximum Gasteiger partial charge on any atom is 0.198 e. The van der Waals surface area contributed by atoms with Gasteiger partial charge in [-0.3, -0.25) is 0 Å². The lowest BCUT2D eigenvalue weighted by Crippen LogP contribution is -2.07. The zero-order valence-electron chi connectivity index (χ0n) is 6.36. The third-order valence-corrected chi connectivity index (χ3v) is 3.79. The van der Waals surface area contributed by atoms with Crippen molar-refractivity contribution in [1.29, 1.82) is 0 Å². The first-order valence-corrected chi connectivity index (χ1v) is 5.71. The summed E-state index contributed by atoms with van der Waals surface area (Å²) < 4.78 is 22.8. The molecule has 1 rings (SSSR count). The molecule has 0 aliphatic heterocycles. The van der Waals surface area contributed by atoms with Crippen molar-refractivity contribution in [2.24, 2.45) is 0 Å². The normalized spacial score (nSPS) is 11.5. The van der Waals surface area contributed by atoms with Crippen LogP contribution in [-0.2, 0) is 9.84 Å². The van der Waals surface area contributed by atoms with Crippen LogP contribution in [0.15, 0.2) is 22.0 Å². The molecule has 0 radical (unpaired) electrons. The third kappa shape index (κ3) is 1.81. The first kappa shape index (κ1) is 9.60. The number of sulfone groups is 1. The van der Waals surface area contributed by atoms with Gasteiger partial charge in [-0.15, -0.1) is 0 Å². The summed E-state index contributed by atoms with van der Waals surface area (Å²) in [6.45, 7) is 1.57. The lowest BCUT2D eigenvalue weighted by atomic mass is 10.8. The molecule has 1 aromatic rings. The minimum absolute atomic E-state index is 0.00694. The van der Waals surface area contributed by atoms with Crippen molar-refractivity contribution in [2.45, 2.75) is 11.9 Å². The van der Waals surface area contributed by atoms with Crippen molar-refractivity contribution >= 4 is 25.8 Å². The van der Waals surface area contributed by atoms with Gasteiger partial charge in [-0.25, -0.2) is 18.4 Å². The molecule has 0 bridgehead atoms. The molecular formula is C6H7BrN2O2S. The molecule has 0 aliphatic carbocycles. The van der Waals surface area contributed by atoms with Gasteiger partial charge < -0.3 is 0 Å². The Morgan fingerprint density at radius 1 is 1.42 bits per heavy atom. The van der Waals surface area contributed by atoms with Gasteiger partial charge >= 0.3 is 0 Å². The largest absolute Gasteiger partial charge is 0.245 e. The van der Waals surface area contributed by atoms with E-state index in [1.165, 1.54) is 12.4 Å². The Hall–Kier alpha value is -0.490. The van der Waals surface area contributed by atoms with E-state index in [0.717, 1.165) is 0 Å². The average molecular weight is 251 g/mol. The standard InChI is InChI=1S/C6H7BrN2O2S/c1-2-12(10,11)6-5(7)8-3-4-9-6/h3-4H,2H2,1H3. The van der Waals surface area contributed by atoms with E-state index in [9.17, 15) is 8.42 Å². The summed E-state index contributed by atoms with van der Waals surface area (Å²) in [6.07, 6.45) is 2.78. The Bertz CT molecular complexity index is 377. The van der Waals surface area contributed by atoms with E-state index in [-0.39, 0.29) is 15.4 Å². The van der Waals surface area contributed by atoms with E-state index in [2.05, 4.69) is 25.9 Å². The van der Waals surface area contributed by atoms with Crippen molar-refractivity contribution in [3.8, 4) is 0 Å². The van der Waals surface area contributed by atoms with E-state index in [1.54, 1.807) is 6.92 Å². The SMILES string of the molecule is CCS(=O)(=O)c1nccnc1Br. The average Bonchev–Trinajstić information content (AvgIpc) is 2.05. The molecule has 1 aromatic heterocycles. The fraction of sp³-hybridized carbons (Fsp3) is 0.333. The highest BCUT2D eigenvalue weighted by Crippen LogP contribution is 2.16. The van der Waals surface area contributed by atoms with Crippen LogP contribution in [0.2, 0.25) is 0 Å². The fourth-order valence-corrected chi connectivity index (χ4v) is 2.42. The van der Waals surface area contributed by atoms with Gasteiger partial charge in [0, 0.05) is 12.4 Å². The number of hydrogen-bond donors (Lipinski definition) is 0. The lowest BCUT2D eigenvalue weighted by Gasteiger charge is -2.00. The number of nitrogens with zero attached hydrogens (tertiary/aromatic N) is 2. The summed E-state index contributed by atoms with van der Waals surface area (Å²) in [6, 6.07) is 0. The van der Waals surface area contributed by atoms with Crippen molar-refractivity contribution in [1.82, 2.24) is 9.97 Å². The fourth-order valence-electron chi connectivity index (χ4n) is 0.654. The van der Waals surface area contributed by atoms with Crippen LogP contribution in [-0.4, -0.2) is 24.1 Å². The predicted octanol–water partition coefficient (Wildman–Crippen LogP) is 1.03. The van der Waals surface area contributed by atoms with Gasteiger partial charge in [0.05, 0.1) is 5.75 Å². The van der Waals surface area contributed by atoms with Crippen LogP contribution < -0.4 is 0 Å². The summed E-state index contributed by atoms with van der Waals surface area (Å²) in [5, 5.41) is 0.00694. The lowest BCUT2D eigenvalue weighted by molar-refractivity contribution is 0.592. The number of aromatic nitrogens is 2. The van der Waals surface area contributed by atoms with Gasteiger partial charge in [0.15, 0.2) is 14.9 Å². The van der Waals surface area contributed by atoms with Gasteiger partial charge in [-0.05, 0) is 15.9 Å². The second-order valence-electron chi connectivity index (χ2n) is 2.06. The number of halogens is 1. The monoisotopic (exact) mass is 250 g/mol. The molecule has 12 heavy (non-hydrogen) atoms. The summed E-state index contributed by atoms with van der Waals surface area (Å²) in [4.78, 5) is 7.49. The van der Waals surface area contributed by atoms with Gasteiger partial charge in [0.25, 0.3) is 0 Å². The Morgan fingerprint density at radius 3 is 2.50 bits per heavy atom. The van der Waals surface area contributed by atoms with Crippen LogP contribution >= 0.6 is 15.9 Å². The van der Waals surface area contributed by atoms with Crippen LogP contribution in [0.5, 0.6) is 0 Å². The highest BCUT2D eigenvalue weighted by atomic mass is 79.9. The molecule has 0 unspecified atom stereocenters. The smallest absolute Gasteiger partial charge is 0.198 e. The Balaban J connectivity index is 3.30. The molecule has 1 heterocycles. The van der Waals surface area contributed by atoms with Gasteiger partial charge in [0.2, 0.25) is 0 Å². The quantitative estimate of drug-likeness (QED) is 0.787. The van der Waals surface area contributed by atoms with Crippen molar-refractivity contribution in [2.75, 3.05) is 5.75 Å². The molecule has 0 aliphatic rings. The highest BCUT2D eigenvalue weighted by Gasteiger charge is 2.16. The molecule has 0 saturated carbocycles. The summed E-state index contributed by atoms with van der Waals surface area (Å²) in [7, 11) is -3.25. The third-order valence-electron chi connectivity index (χ3n) is 1.30. The molecule has 66 valence electrons. The molecule has 0 atom stereocenters. The Morgan fingerprint density at radius 2 is 2.00 bits per heavy atom. The van der Waals surface area contributed by atoms with E-state index in [1.807, 2.05) is 0 Å². The zero-order valence-corrected chi connectivity index (χ0v) is 8.76. The van der Waals surface area contributed by atoms with E-state index >= 15 is 0 Å². The van der Waals surface area contributed by atoms with Crippen LogP contribution in [0, 0.1) is 0 Å². The highest BCUT2D eigenvalue weighted by molar-refractivity contribution is 9.10. The van der Waals surface area contributed by atoms with Gasteiger partial charge in [0.1, 0.15) is 4.60 Å². The van der Waals surface area contributed by atoms with Crippen LogP contribution in [0.25, 0.3) is 0 Å². The first-order chi connectivity index (χ1) is 5.58. The second kappa shape index (κ2) is 3.49. The Kier molecular flexibility index (Phi) is 2.79. The molecular weight excluding hydrogens is 244 g/mol. The molecule has 6 heteroatoms. The first-order valence-electron chi connectivity index (χ1n) is 3.27. The van der Waals surface area contributed by atoms with Gasteiger partial charge in [-0.1, -0.05) is 6.92 Å². The molecule has 0 N–H and O–H groups in total.